The van der Waals surface area contributed by atoms with E-state index in [1.54, 1.807) is 31.3 Å². The molecule has 9 heteroatoms. The monoisotopic (exact) mass is 436 g/mol. The van der Waals surface area contributed by atoms with E-state index >= 15 is 0 Å². The molecule has 0 aliphatic carbocycles. The van der Waals surface area contributed by atoms with Crippen LogP contribution in [0.25, 0.3) is 0 Å². The standard InChI is InChI=1S/C23H24N4O5/c1-30-17-9-8-16(18(12-17)31-2)13-27-20(28)14-32-22(21(27)15-6-4-3-5-7-15)23(29)25-19-10-11-24-26-19/h3-12,21-22H,13-14H2,1-2H3,(H2,24,25,26,29). The van der Waals surface area contributed by atoms with Crippen LogP contribution in [0.3, 0.4) is 0 Å². The van der Waals surface area contributed by atoms with E-state index in [4.69, 9.17) is 14.2 Å². The molecule has 4 rings (SSSR count). The predicted octanol–water partition coefficient (Wildman–Crippen LogP) is 2.53. The Morgan fingerprint density at radius 2 is 2.00 bits per heavy atom. The Hall–Kier alpha value is -3.85. The zero-order valence-corrected chi connectivity index (χ0v) is 17.8. The normalized spacial score (nSPS) is 18.3. The van der Waals surface area contributed by atoms with Gasteiger partial charge in [-0.3, -0.25) is 14.7 Å². The molecule has 2 amide bonds. The second-order valence-corrected chi connectivity index (χ2v) is 7.25. The van der Waals surface area contributed by atoms with Gasteiger partial charge in [0.2, 0.25) is 5.91 Å². The van der Waals surface area contributed by atoms with E-state index in [1.165, 1.54) is 6.20 Å². The van der Waals surface area contributed by atoms with E-state index in [2.05, 4.69) is 15.5 Å². The van der Waals surface area contributed by atoms with Crippen molar-refractivity contribution >= 4 is 17.6 Å². The quantitative estimate of drug-likeness (QED) is 0.590. The first-order valence-corrected chi connectivity index (χ1v) is 10.1. The smallest absolute Gasteiger partial charge is 0.257 e. The number of aromatic nitrogens is 2. The van der Waals surface area contributed by atoms with E-state index < -0.39 is 12.1 Å². The number of H-pyrrole nitrogens is 1. The Kier molecular flexibility index (Phi) is 6.37. The molecule has 2 aromatic carbocycles. The number of benzene rings is 2. The number of hydrogen-bond acceptors (Lipinski definition) is 6. The average molecular weight is 436 g/mol. The molecule has 32 heavy (non-hydrogen) atoms. The number of nitrogens with one attached hydrogen (secondary N) is 2. The fraction of sp³-hybridized carbons (Fsp3) is 0.261. The van der Waals surface area contributed by atoms with Crippen molar-refractivity contribution in [1.29, 1.82) is 0 Å². The van der Waals surface area contributed by atoms with Gasteiger partial charge in [0, 0.05) is 17.7 Å². The molecule has 166 valence electrons. The highest BCUT2D eigenvalue weighted by atomic mass is 16.5. The van der Waals surface area contributed by atoms with Crippen molar-refractivity contribution in [2.24, 2.45) is 0 Å². The number of anilines is 1. The minimum atomic E-state index is -0.914. The van der Waals surface area contributed by atoms with Crippen molar-refractivity contribution in [3.8, 4) is 11.5 Å². The molecule has 2 N–H and O–H groups in total. The summed E-state index contributed by atoms with van der Waals surface area (Å²) in [4.78, 5) is 27.7. The Morgan fingerprint density at radius 1 is 1.19 bits per heavy atom. The second kappa shape index (κ2) is 9.52. The molecule has 2 unspecified atom stereocenters. The third-order valence-electron chi connectivity index (χ3n) is 5.32. The van der Waals surface area contributed by atoms with Gasteiger partial charge in [-0.05, 0) is 17.7 Å². The van der Waals surface area contributed by atoms with Crippen molar-refractivity contribution < 1.29 is 23.8 Å². The van der Waals surface area contributed by atoms with Gasteiger partial charge in [-0.1, -0.05) is 30.3 Å². The number of aromatic amines is 1. The van der Waals surface area contributed by atoms with Crippen molar-refractivity contribution in [3.05, 3.63) is 71.9 Å². The van der Waals surface area contributed by atoms with Crippen molar-refractivity contribution in [3.63, 3.8) is 0 Å². The molecule has 1 aromatic heterocycles. The van der Waals surface area contributed by atoms with Gasteiger partial charge >= 0.3 is 0 Å². The van der Waals surface area contributed by atoms with E-state index in [0.29, 0.717) is 17.3 Å². The highest BCUT2D eigenvalue weighted by molar-refractivity contribution is 5.95. The summed E-state index contributed by atoms with van der Waals surface area (Å²) in [6.07, 6.45) is 0.625. The minimum absolute atomic E-state index is 0.205. The number of rotatable bonds is 7. The number of morpholine rings is 1. The number of nitrogens with zero attached hydrogens (tertiary/aromatic N) is 2. The average Bonchev–Trinajstić information content (AvgIpc) is 3.34. The van der Waals surface area contributed by atoms with Gasteiger partial charge in [-0.15, -0.1) is 0 Å². The molecule has 3 aromatic rings. The van der Waals surface area contributed by atoms with Crippen LogP contribution in [-0.4, -0.2) is 53.8 Å². The Balaban J connectivity index is 1.68. The lowest BCUT2D eigenvalue weighted by atomic mass is 9.96. The van der Waals surface area contributed by atoms with Gasteiger partial charge in [-0.25, -0.2) is 0 Å². The maximum Gasteiger partial charge on any atom is 0.257 e. The van der Waals surface area contributed by atoms with Gasteiger partial charge in [0.1, 0.15) is 23.9 Å². The number of amides is 2. The van der Waals surface area contributed by atoms with Crippen LogP contribution >= 0.6 is 0 Å². The molecule has 1 saturated heterocycles. The first-order valence-electron chi connectivity index (χ1n) is 10.1. The maximum atomic E-state index is 13.1. The molecule has 0 bridgehead atoms. The Morgan fingerprint density at radius 3 is 2.69 bits per heavy atom. The fourth-order valence-corrected chi connectivity index (χ4v) is 3.76. The van der Waals surface area contributed by atoms with Gasteiger partial charge in [0.05, 0.1) is 33.0 Å². The minimum Gasteiger partial charge on any atom is -0.497 e. The van der Waals surface area contributed by atoms with Crippen LogP contribution in [0.2, 0.25) is 0 Å². The topological polar surface area (TPSA) is 106 Å². The summed E-state index contributed by atoms with van der Waals surface area (Å²) in [5.74, 6) is 1.10. The molecule has 0 saturated carbocycles. The molecule has 1 fully saturated rings. The number of carbonyl (C=O) groups excluding carboxylic acids is 2. The van der Waals surface area contributed by atoms with Crippen molar-refractivity contribution in [2.45, 2.75) is 18.7 Å². The number of ether oxygens (including phenoxy) is 3. The highest BCUT2D eigenvalue weighted by Crippen LogP contribution is 2.34. The molecule has 1 aliphatic rings. The van der Waals surface area contributed by atoms with E-state index in [0.717, 1.165) is 11.1 Å². The lowest BCUT2D eigenvalue weighted by molar-refractivity contribution is -0.163. The van der Waals surface area contributed by atoms with Crippen LogP contribution < -0.4 is 14.8 Å². The van der Waals surface area contributed by atoms with Crippen LogP contribution in [0, 0.1) is 0 Å². The number of methoxy groups -OCH3 is 2. The van der Waals surface area contributed by atoms with Crippen LogP contribution in [0.5, 0.6) is 11.5 Å². The summed E-state index contributed by atoms with van der Waals surface area (Å²) in [5.41, 5.74) is 1.58. The van der Waals surface area contributed by atoms with Crippen molar-refractivity contribution in [1.82, 2.24) is 15.1 Å². The van der Waals surface area contributed by atoms with Crippen LogP contribution in [0.1, 0.15) is 17.2 Å². The first kappa shape index (κ1) is 21.4. The molecule has 2 atom stereocenters. The Bertz CT molecular complexity index is 1070. The second-order valence-electron chi connectivity index (χ2n) is 7.25. The third kappa shape index (κ3) is 4.42. The molecular weight excluding hydrogens is 412 g/mol. The largest absolute Gasteiger partial charge is 0.497 e. The molecule has 0 radical (unpaired) electrons. The van der Waals surface area contributed by atoms with Gasteiger partial charge in [0.25, 0.3) is 5.91 Å². The SMILES string of the molecule is COc1ccc(CN2C(=O)COC(C(=O)Nc3ccn[nH]3)C2c2ccccc2)c(OC)c1. The van der Waals surface area contributed by atoms with Crippen LogP contribution in [0.15, 0.2) is 60.8 Å². The molecular formula is C23H24N4O5. The van der Waals surface area contributed by atoms with Gasteiger partial charge < -0.3 is 24.4 Å². The van der Waals surface area contributed by atoms with Crippen molar-refractivity contribution in [2.75, 3.05) is 26.1 Å². The zero-order valence-electron chi connectivity index (χ0n) is 17.8. The summed E-state index contributed by atoms with van der Waals surface area (Å²) in [6, 6.07) is 15.8. The molecule has 9 nitrogen and oxygen atoms in total. The summed E-state index contributed by atoms with van der Waals surface area (Å²) in [6.45, 7) is 0.0334. The van der Waals surface area contributed by atoms with Crippen LogP contribution in [0.4, 0.5) is 5.82 Å². The Labute approximate surface area is 185 Å². The molecule has 2 heterocycles. The van der Waals surface area contributed by atoms with Gasteiger partial charge in [-0.2, -0.15) is 5.10 Å². The first-order chi connectivity index (χ1) is 15.6. The zero-order chi connectivity index (χ0) is 22.5. The van der Waals surface area contributed by atoms with Crippen LogP contribution in [-0.2, 0) is 20.9 Å². The summed E-state index contributed by atoms with van der Waals surface area (Å²) < 4.78 is 16.5. The predicted molar refractivity (Wildman–Crippen MR) is 116 cm³/mol. The fourth-order valence-electron chi connectivity index (χ4n) is 3.76. The molecule has 0 spiro atoms. The lowest BCUT2D eigenvalue weighted by Crippen LogP contribution is -2.52. The van der Waals surface area contributed by atoms with Gasteiger partial charge in [0.15, 0.2) is 6.10 Å². The number of carbonyl (C=O) groups is 2. The van der Waals surface area contributed by atoms with E-state index in [-0.39, 0.29) is 25.0 Å². The summed E-state index contributed by atoms with van der Waals surface area (Å²) in [5, 5.41) is 9.31. The number of hydrogen-bond donors (Lipinski definition) is 2. The highest BCUT2D eigenvalue weighted by Gasteiger charge is 2.42. The third-order valence-corrected chi connectivity index (χ3v) is 5.32. The summed E-state index contributed by atoms with van der Waals surface area (Å²) >= 11 is 0. The maximum absolute atomic E-state index is 13.1. The summed E-state index contributed by atoms with van der Waals surface area (Å²) in [7, 11) is 3.14. The lowest BCUT2D eigenvalue weighted by Gasteiger charge is -2.40. The van der Waals surface area contributed by atoms with E-state index in [9.17, 15) is 9.59 Å². The molecule has 1 aliphatic heterocycles. The van der Waals surface area contributed by atoms with E-state index in [1.807, 2.05) is 42.5 Å².